The molecule has 1 N–H and O–H groups in total. The van der Waals surface area contributed by atoms with Gasteiger partial charge in [0.1, 0.15) is 0 Å². The molecule has 1 atom stereocenters. The van der Waals surface area contributed by atoms with Gasteiger partial charge in [-0.05, 0) is 3.44 Å². The van der Waals surface area contributed by atoms with Gasteiger partial charge in [-0.15, -0.1) is 0 Å². The summed E-state index contributed by atoms with van der Waals surface area (Å²) in [7, 11) is 0. The van der Waals surface area contributed by atoms with E-state index in [9.17, 15) is 0 Å². The van der Waals surface area contributed by atoms with Gasteiger partial charge in [0, 0.05) is 0 Å². The number of hydrogen-bond donors (Lipinski definition) is 1. The molecule has 0 saturated carbocycles. The first kappa shape index (κ1) is 9.40. The molecule has 0 rings (SSSR count). The normalized spacial score (nSPS) is 7.20. The molecule has 5 heteroatoms. The van der Waals surface area contributed by atoms with Crippen LogP contribution in [0.4, 0.5) is 0 Å². The fourth-order valence-corrected chi connectivity index (χ4v) is 0. The van der Waals surface area contributed by atoms with Crippen LogP contribution in [0.1, 0.15) is 0 Å². The molecule has 0 aromatic carbocycles. The van der Waals surface area contributed by atoms with Gasteiger partial charge in [-0.2, -0.15) is 9.90 Å². The Kier molecular flexibility index (Phi) is 9.48. The van der Waals surface area contributed by atoms with Gasteiger partial charge < -0.3 is 6.87 Å². The minimum absolute atomic E-state index is 0. The van der Waals surface area contributed by atoms with Crippen molar-refractivity contribution in [3.8, 4) is 0 Å². The van der Waals surface area contributed by atoms with Crippen molar-refractivity contribution in [2.24, 2.45) is 0 Å². The Labute approximate surface area is 41.7 Å². The Morgan fingerprint density at radius 3 is 1.40 bits per heavy atom. The molecule has 3 nitrogen and oxygen atoms in total. The molecular weight excluding hydrogens is 206 g/mol. The van der Waals surface area contributed by atoms with Crippen LogP contribution in [-0.2, 0) is 0 Å². The maximum atomic E-state index is 8.68. The van der Waals surface area contributed by atoms with Gasteiger partial charge >= 0.3 is 21.1 Å². The van der Waals surface area contributed by atoms with Gasteiger partial charge in [-0.3, -0.25) is 0 Å². The highest BCUT2D eigenvalue weighted by Crippen LogP contribution is 0.861. The molecule has 0 saturated heterocycles. The zero-order valence-corrected chi connectivity index (χ0v) is 5.92. The van der Waals surface area contributed by atoms with E-state index in [4.69, 9.17) is 10.3 Å². The van der Waals surface area contributed by atoms with E-state index in [-0.39, 0.29) is 9.90 Å². The van der Waals surface area contributed by atoms with Crippen LogP contribution >= 0.6 is 9.90 Å². The molecule has 0 amide bonds. The smallest absolute Gasteiger partial charge is 0.396 e. The summed E-state index contributed by atoms with van der Waals surface area (Å²) in [4.78, 5) is 0. The second-order valence-electron chi connectivity index (χ2n) is 0.201. The van der Waals surface area contributed by atoms with Gasteiger partial charge in [0.05, 0.1) is 0 Å². The SMILES string of the molecule is P.[O-][I+2]([O-])O. The molecule has 0 aromatic heterocycles. The van der Waals surface area contributed by atoms with Gasteiger partial charge in [0.2, 0.25) is 0 Å². The van der Waals surface area contributed by atoms with Crippen LogP contribution in [0.25, 0.3) is 0 Å². The van der Waals surface area contributed by atoms with Crippen LogP contribution in [-0.4, -0.2) is 3.44 Å². The molecule has 5 heavy (non-hydrogen) atoms. The Balaban J connectivity index is 0. The first-order chi connectivity index (χ1) is 1.73. The molecule has 1 unspecified atom stereocenters. The largest absolute Gasteiger partial charge is 0.503 e. The van der Waals surface area contributed by atoms with Crippen molar-refractivity contribution < 1.29 is 31.4 Å². The van der Waals surface area contributed by atoms with Crippen molar-refractivity contribution in [3.05, 3.63) is 0 Å². The first-order valence-electron chi connectivity index (χ1n) is 0.478. The van der Waals surface area contributed by atoms with Gasteiger partial charge in [-0.1, -0.05) is 0 Å². The molecule has 0 aliphatic heterocycles. The van der Waals surface area contributed by atoms with Gasteiger partial charge in [0.25, 0.3) is 0 Å². The summed E-state index contributed by atoms with van der Waals surface area (Å²) in [6, 6.07) is 0. The fourth-order valence-electron chi connectivity index (χ4n) is 0. The molecule has 34 valence electrons. The van der Waals surface area contributed by atoms with Crippen molar-refractivity contribution in [1.29, 1.82) is 0 Å². The second kappa shape index (κ2) is 5.04. The average Bonchev–Trinajstić information content (AvgIpc) is 0.811. The maximum Gasteiger partial charge on any atom is 0.503 e. The van der Waals surface area contributed by atoms with Crippen LogP contribution in [0.5, 0.6) is 0 Å². The third-order valence-corrected chi connectivity index (χ3v) is 0. The Morgan fingerprint density at radius 1 is 1.40 bits per heavy atom. The van der Waals surface area contributed by atoms with E-state index >= 15 is 0 Å². The summed E-state index contributed by atoms with van der Waals surface area (Å²) in [6.45, 7) is 0. The quantitative estimate of drug-likeness (QED) is 0.320. The predicted molar refractivity (Wildman–Crippen MR) is 13.3 cm³/mol. The van der Waals surface area contributed by atoms with Gasteiger partial charge in [0.15, 0.2) is 0 Å². The van der Waals surface area contributed by atoms with Crippen molar-refractivity contribution in [2.75, 3.05) is 0 Å². The van der Waals surface area contributed by atoms with Crippen molar-refractivity contribution in [3.63, 3.8) is 0 Å². The minimum atomic E-state index is -3.76. The molecule has 0 fully saturated rings. The second-order valence-corrected chi connectivity index (χ2v) is 1.35. The number of rotatable bonds is 0. The lowest BCUT2D eigenvalue weighted by Crippen LogP contribution is -3.98. The zero-order chi connectivity index (χ0) is 3.58. The zero-order valence-electron chi connectivity index (χ0n) is 2.35. The van der Waals surface area contributed by atoms with E-state index in [1.54, 1.807) is 0 Å². The maximum absolute atomic E-state index is 8.68. The van der Waals surface area contributed by atoms with E-state index in [1.807, 2.05) is 0 Å². The van der Waals surface area contributed by atoms with E-state index < -0.39 is 21.1 Å². The molecule has 0 heterocycles. The molecular formula is H4IO3P. The number of hydrogen-bond acceptors (Lipinski definition) is 3. The minimum Gasteiger partial charge on any atom is -0.396 e. The number of halogens is 1. The van der Waals surface area contributed by atoms with Crippen LogP contribution in [0.3, 0.4) is 0 Å². The van der Waals surface area contributed by atoms with Crippen LogP contribution in [0.2, 0.25) is 0 Å². The van der Waals surface area contributed by atoms with Crippen LogP contribution in [0, 0.1) is 0 Å². The Hall–Kier alpha value is 1.04. The van der Waals surface area contributed by atoms with Crippen molar-refractivity contribution >= 4 is 9.90 Å². The standard InChI is InChI=1S/HIO3.H3P/c2-1(3)4;/h2H;1H3. The summed E-state index contributed by atoms with van der Waals surface area (Å²) in [6.07, 6.45) is 0. The summed E-state index contributed by atoms with van der Waals surface area (Å²) in [5.41, 5.74) is 0. The summed E-state index contributed by atoms with van der Waals surface area (Å²) < 4.78 is 24.5. The van der Waals surface area contributed by atoms with Crippen molar-refractivity contribution in [2.45, 2.75) is 0 Å². The highest BCUT2D eigenvalue weighted by atomic mass is 127. The Bertz CT molecular complexity index is 11.6. The lowest BCUT2D eigenvalue weighted by atomic mass is 16.0. The predicted octanol–water partition coefficient (Wildman–Crippen LogP) is -5.87. The summed E-state index contributed by atoms with van der Waals surface area (Å²) in [5.74, 6) is 0. The first-order valence-corrected chi connectivity index (χ1v) is 3.20. The van der Waals surface area contributed by atoms with Crippen LogP contribution < -0.4 is 27.9 Å². The third kappa shape index (κ3) is 43.1. The fraction of sp³-hybridized carbons (Fsp3) is 0. The van der Waals surface area contributed by atoms with E-state index in [2.05, 4.69) is 0 Å². The van der Waals surface area contributed by atoms with Gasteiger partial charge in [-0.25, -0.2) is 0 Å². The van der Waals surface area contributed by atoms with E-state index in [0.29, 0.717) is 0 Å². The highest BCUT2D eigenvalue weighted by Gasteiger charge is 1.89. The lowest BCUT2D eigenvalue weighted by molar-refractivity contribution is -1.63. The van der Waals surface area contributed by atoms with E-state index in [1.165, 1.54) is 0 Å². The summed E-state index contributed by atoms with van der Waals surface area (Å²) in [5, 5.41) is 0. The van der Waals surface area contributed by atoms with E-state index in [0.717, 1.165) is 0 Å². The molecule has 0 bridgehead atoms. The highest BCUT2D eigenvalue weighted by molar-refractivity contribution is 6.92. The Morgan fingerprint density at radius 2 is 1.40 bits per heavy atom. The van der Waals surface area contributed by atoms with Crippen molar-refractivity contribution in [1.82, 2.24) is 0 Å². The molecule has 0 aliphatic carbocycles. The van der Waals surface area contributed by atoms with Crippen LogP contribution in [0.15, 0.2) is 0 Å². The average molecular weight is 210 g/mol. The summed E-state index contributed by atoms with van der Waals surface area (Å²) >= 11 is -3.76. The molecule has 0 radical (unpaired) electrons. The molecule has 0 spiro atoms. The monoisotopic (exact) mass is 210 g/mol. The molecule has 0 aliphatic rings. The lowest BCUT2D eigenvalue weighted by Gasteiger charge is -1.67. The third-order valence-electron chi connectivity index (χ3n) is 0. The molecule has 0 aromatic rings. The topological polar surface area (TPSA) is 66.3 Å².